The van der Waals surface area contributed by atoms with Crippen molar-refractivity contribution < 1.29 is 18.8 Å². The van der Waals surface area contributed by atoms with E-state index in [1.807, 2.05) is 33.9 Å². The second kappa shape index (κ2) is 8.71. The van der Waals surface area contributed by atoms with E-state index >= 15 is 0 Å². The van der Waals surface area contributed by atoms with Gasteiger partial charge in [-0.2, -0.15) is 0 Å². The van der Waals surface area contributed by atoms with Crippen molar-refractivity contribution >= 4 is 55.1 Å². The van der Waals surface area contributed by atoms with Gasteiger partial charge in [-0.1, -0.05) is 73.8 Å². The first kappa shape index (κ1) is 23.6. The summed E-state index contributed by atoms with van der Waals surface area (Å²) in [7, 11) is -2.41. The van der Waals surface area contributed by atoms with E-state index < -0.39 is 30.3 Å². The zero-order chi connectivity index (χ0) is 21.0. The second-order valence-corrected chi connectivity index (χ2v) is 14.2. The molecule has 1 atom stereocenters. The molecule has 0 aliphatic rings. The van der Waals surface area contributed by atoms with Gasteiger partial charge in [-0.05, 0) is 34.8 Å². The summed E-state index contributed by atoms with van der Waals surface area (Å²) in [6, 6.07) is 6.14. The number of alkyl halides is 3. The summed E-state index contributed by atoms with van der Waals surface area (Å²) < 4.78 is 8.39. The summed E-state index contributed by atoms with van der Waals surface area (Å²) in [6.07, 6.45) is -1.50. The summed E-state index contributed by atoms with van der Waals surface area (Å²) in [5, 5.41) is 3.20. The van der Waals surface area contributed by atoms with E-state index in [0.717, 1.165) is 0 Å². The van der Waals surface area contributed by atoms with Crippen LogP contribution >= 0.6 is 34.8 Å². The minimum absolute atomic E-state index is 0.0943. The minimum Gasteiger partial charge on any atom is -0.516 e. The molecule has 7 nitrogen and oxygen atoms in total. The molecule has 0 bridgehead atoms. The number of rotatable bonds is 5. The van der Waals surface area contributed by atoms with Crippen molar-refractivity contribution in [2.24, 2.45) is 5.11 Å². The summed E-state index contributed by atoms with van der Waals surface area (Å²) in [5.74, 6) is -1.85. The fourth-order valence-corrected chi connectivity index (χ4v) is 2.72. The lowest BCUT2D eigenvalue weighted by molar-refractivity contribution is -0.148. The molecule has 1 unspecified atom stereocenters. The molecular weight excluding hydrogens is 433 g/mol. The van der Waals surface area contributed by atoms with Crippen LogP contribution in [-0.4, -0.2) is 24.0 Å². The predicted octanol–water partition coefficient (Wildman–Crippen LogP) is 6.07. The van der Waals surface area contributed by atoms with Gasteiger partial charge in [0.25, 0.3) is 12.1 Å². The summed E-state index contributed by atoms with van der Waals surface area (Å²) >= 11 is 16.5. The Morgan fingerprint density at radius 3 is 2.22 bits per heavy atom. The average molecular weight is 453 g/mol. The van der Waals surface area contributed by atoms with Crippen LogP contribution in [-0.2, 0) is 14.0 Å². The molecule has 0 radical (unpaired) electrons. The van der Waals surface area contributed by atoms with Crippen LogP contribution in [0.1, 0.15) is 42.9 Å². The van der Waals surface area contributed by atoms with Gasteiger partial charge >= 0.3 is 11.9 Å². The van der Waals surface area contributed by atoms with E-state index in [0.29, 0.717) is 0 Å². The molecule has 27 heavy (non-hydrogen) atoms. The third-order valence-corrected chi connectivity index (χ3v) is 8.98. The maximum Gasteiger partial charge on any atom is 0.359 e. The van der Waals surface area contributed by atoms with Gasteiger partial charge in [0, 0.05) is 10.5 Å². The summed E-state index contributed by atoms with van der Waals surface area (Å²) in [5.41, 5.74) is 9.02. The van der Waals surface area contributed by atoms with Crippen LogP contribution in [0.5, 0.6) is 0 Å². The maximum absolute atomic E-state index is 12.8. The number of nitrogens with zero attached hydrogens (tertiary/aromatic N) is 3. The molecule has 0 saturated heterocycles. The predicted molar refractivity (Wildman–Crippen MR) is 107 cm³/mol. The Hall–Kier alpha value is -1.44. The van der Waals surface area contributed by atoms with Crippen LogP contribution in [0, 0.1) is 0 Å². The molecule has 0 amide bonds. The number of carbonyl (C=O) groups is 2. The summed E-state index contributed by atoms with van der Waals surface area (Å²) in [6.45, 7) is 9.81. The lowest BCUT2D eigenvalue weighted by Crippen LogP contribution is -2.42. The third kappa shape index (κ3) is 6.29. The average Bonchev–Trinajstić information content (AvgIpc) is 2.52. The standard InChI is InChI=1S/C16H20Cl3N3O4Si/c1-15(2,3)27(4,5)26-13(23)11-9-7-6-8-10(11)12(21-22-20)25-14(24)16(17,18)19/h6-9,12H,1-5H3. The van der Waals surface area contributed by atoms with Crippen LogP contribution in [0.15, 0.2) is 29.4 Å². The lowest BCUT2D eigenvalue weighted by Gasteiger charge is -2.35. The molecule has 11 heteroatoms. The van der Waals surface area contributed by atoms with Crippen molar-refractivity contribution in [3.63, 3.8) is 0 Å². The van der Waals surface area contributed by atoms with Crippen LogP contribution in [0.4, 0.5) is 0 Å². The second-order valence-electron chi connectivity index (χ2n) is 7.20. The quantitative estimate of drug-likeness (QED) is 0.135. The van der Waals surface area contributed by atoms with Crippen molar-refractivity contribution in [3.05, 3.63) is 45.8 Å². The van der Waals surface area contributed by atoms with Gasteiger partial charge in [0.2, 0.25) is 6.23 Å². The van der Waals surface area contributed by atoms with Crippen molar-refractivity contribution in [2.75, 3.05) is 0 Å². The van der Waals surface area contributed by atoms with Crippen molar-refractivity contribution in [3.8, 4) is 0 Å². The molecule has 148 valence electrons. The Morgan fingerprint density at radius 2 is 1.74 bits per heavy atom. The number of hydrogen-bond donors (Lipinski definition) is 0. The van der Waals surface area contributed by atoms with Gasteiger partial charge in [0.1, 0.15) is 0 Å². The number of halogens is 3. The van der Waals surface area contributed by atoms with E-state index in [2.05, 4.69) is 10.0 Å². The number of ether oxygens (including phenoxy) is 1. The highest BCUT2D eigenvalue weighted by molar-refractivity contribution is 6.76. The number of carbonyl (C=O) groups excluding carboxylic acids is 2. The summed E-state index contributed by atoms with van der Waals surface area (Å²) in [4.78, 5) is 27.3. The topological polar surface area (TPSA) is 101 Å². The van der Waals surface area contributed by atoms with Crippen molar-refractivity contribution in [1.82, 2.24) is 0 Å². The minimum atomic E-state index is -2.41. The Morgan fingerprint density at radius 1 is 1.19 bits per heavy atom. The highest BCUT2D eigenvalue weighted by atomic mass is 35.6. The monoisotopic (exact) mass is 451 g/mol. The highest BCUT2D eigenvalue weighted by Crippen LogP contribution is 2.38. The zero-order valence-corrected chi connectivity index (χ0v) is 18.8. The first-order valence-corrected chi connectivity index (χ1v) is 11.9. The van der Waals surface area contributed by atoms with Gasteiger partial charge in [-0.15, -0.1) is 0 Å². The molecule has 0 aromatic heterocycles. The first-order chi connectivity index (χ1) is 12.2. The molecule has 0 fully saturated rings. The highest BCUT2D eigenvalue weighted by Gasteiger charge is 2.41. The zero-order valence-electron chi connectivity index (χ0n) is 15.5. The van der Waals surface area contributed by atoms with Crippen LogP contribution in [0.3, 0.4) is 0 Å². The SMILES string of the molecule is CC(C)(C)[Si](C)(C)OC(=O)c1ccccc1C(N=[N+]=[N-])OC(=O)C(Cl)(Cl)Cl. The normalized spacial score (nSPS) is 13.3. The van der Waals surface area contributed by atoms with Crippen LogP contribution < -0.4 is 0 Å². The van der Waals surface area contributed by atoms with Crippen LogP contribution in [0.2, 0.25) is 18.1 Å². The van der Waals surface area contributed by atoms with Crippen molar-refractivity contribution in [2.45, 2.75) is 48.9 Å². The third-order valence-electron chi connectivity index (χ3n) is 4.21. The maximum atomic E-state index is 12.8. The van der Waals surface area contributed by atoms with Gasteiger partial charge in [-0.3, -0.25) is 0 Å². The molecule has 1 rings (SSSR count). The Kier molecular flexibility index (Phi) is 7.61. The van der Waals surface area contributed by atoms with E-state index in [1.54, 1.807) is 12.1 Å². The fraction of sp³-hybridized carbons (Fsp3) is 0.500. The molecule has 0 saturated carbocycles. The number of azide groups is 1. The number of benzene rings is 1. The molecule has 0 heterocycles. The Labute approximate surface area is 173 Å². The fourth-order valence-electron chi connectivity index (χ4n) is 1.70. The van der Waals surface area contributed by atoms with E-state index in [-0.39, 0.29) is 16.2 Å². The molecular formula is C16H20Cl3N3O4Si. The van der Waals surface area contributed by atoms with Crippen molar-refractivity contribution in [1.29, 1.82) is 0 Å². The van der Waals surface area contributed by atoms with Gasteiger partial charge in [0.05, 0.1) is 5.56 Å². The van der Waals surface area contributed by atoms with Gasteiger partial charge < -0.3 is 9.16 Å². The van der Waals surface area contributed by atoms with E-state index in [1.165, 1.54) is 12.1 Å². The molecule has 1 aromatic rings. The van der Waals surface area contributed by atoms with Gasteiger partial charge in [0.15, 0.2) is 0 Å². The molecule has 0 spiro atoms. The largest absolute Gasteiger partial charge is 0.516 e. The Bertz CT molecular complexity index is 769. The van der Waals surface area contributed by atoms with E-state index in [4.69, 9.17) is 49.5 Å². The Balaban J connectivity index is 3.28. The number of hydrogen-bond acceptors (Lipinski definition) is 5. The molecule has 0 aliphatic heterocycles. The smallest absolute Gasteiger partial charge is 0.359 e. The van der Waals surface area contributed by atoms with E-state index in [9.17, 15) is 9.59 Å². The number of esters is 1. The lowest BCUT2D eigenvalue weighted by atomic mass is 10.1. The van der Waals surface area contributed by atoms with Crippen LogP contribution in [0.25, 0.3) is 10.4 Å². The molecule has 0 aliphatic carbocycles. The first-order valence-electron chi connectivity index (χ1n) is 7.85. The molecule has 0 N–H and O–H groups in total. The van der Waals surface area contributed by atoms with Gasteiger partial charge in [-0.25, -0.2) is 9.59 Å². The molecule has 1 aromatic carbocycles.